The van der Waals surface area contributed by atoms with Gasteiger partial charge in [0.05, 0.1) is 17.8 Å². The van der Waals surface area contributed by atoms with Gasteiger partial charge in [0, 0.05) is 0 Å². The summed E-state index contributed by atoms with van der Waals surface area (Å²) in [6.45, 7) is 0. The minimum atomic E-state index is -0.979. The second kappa shape index (κ2) is 4.06. The van der Waals surface area contributed by atoms with Gasteiger partial charge in [-0.15, -0.1) is 0 Å². The fourth-order valence-corrected chi connectivity index (χ4v) is 1.55. The first-order chi connectivity index (χ1) is 7.66. The number of aliphatic carboxylic acids is 1. The zero-order chi connectivity index (χ0) is 11.5. The molecule has 5 heteroatoms. The van der Waals surface area contributed by atoms with Gasteiger partial charge >= 0.3 is 11.7 Å². The number of imidazole rings is 1. The third-order valence-electron chi connectivity index (χ3n) is 2.20. The fourth-order valence-electron chi connectivity index (χ4n) is 1.55. The van der Waals surface area contributed by atoms with Crippen molar-refractivity contribution in [1.82, 2.24) is 9.97 Å². The molecule has 82 valence electrons. The van der Waals surface area contributed by atoms with Crippen LogP contribution >= 0.6 is 0 Å². The summed E-state index contributed by atoms with van der Waals surface area (Å²) in [6, 6.07) is 9.12. The van der Waals surface area contributed by atoms with E-state index in [2.05, 4.69) is 9.97 Å². The van der Waals surface area contributed by atoms with Gasteiger partial charge in [-0.05, 0) is 5.56 Å². The van der Waals surface area contributed by atoms with E-state index in [0.29, 0.717) is 11.4 Å². The van der Waals surface area contributed by atoms with E-state index in [1.165, 1.54) is 0 Å². The van der Waals surface area contributed by atoms with E-state index in [1.807, 2.05) is 30.3 Å². The maximum absolute atomic E-state index is 11.2. The summed E-state index contributed by atoms with van der Waals surface area (Å²) < 4.78 is 0. The van der Waals surface area contributed by atoms with E-state index in [1.54, 1.807) is 0 Å². The highest BCUT2D eigenvalue weighted by atomic mass is 16.4. The molecule has 1 aromatic carbocycles. The van der Waals surface area contributed by atoms with Crippen LogP contribution in [-0.4, -0.2) is 21.0 Å². The molecule has 0 saturated heterocycles. The molecule has 0 unspecified atom stereocenters. The van der Waals surface area contributed by atoms with Crippen LogP contribution in [0.5, 0.6) is 0 Å². The second-order valence-electron chi connectivity index (χ2n) is 3.37. The lowest BCUT2D eigenvalue weighted by Crippen LogP contribution is -2.04. The summed E-state index contributed by atoms with van der Waals surface area (Å²) in [5.41, 5.74) is 1.32. The van der Waals surface area contributed by atoms with E-state index in [-0.39, 0.29) is 6.42 Å². The molecule has 0 atom stereocenters. The first-order valence-corrected chi connectivity index (χ1v) is 4.75. The van der Waals surface area contributed by atoms with Crippen molar-refractivity contribution >= 4 is 5.97 Å². The average Bonchev–Trinajstić information content (AvgIpc) is 2.60. The summed E-state index contributed by atoms with van der Waals surface area (Å²) in [4.78, 5) is 26.9. The van der Waals surface area contributed by atoms with Crippen molar-refractivity contribution in [1.29, 1.82) is 0 Å². The Labute approximate surface area is 90.8 Å². The van der Waals surface area contributed by atoms with E-state index >= 15 is 0 Å². The topological polar surface area (TPSA) is 85.9 Å². The van der Waals surface area contributed by atoms with Crippen molar-refractivity contribution in [2.45, 2.75) is 6.42 Å². The van der Waals surface area contributed by atoms with Crippen LogP contribution in [0.15, 0.2) is 35.1 Å². The van der Waals surface area contributed by atoms with Gasteiger partial charge in [-0.3, -0.25) is 4.79 Å². The zero-order valence-corrected chi connectivity index (χ0v) is 8.36. The lowest BCUT2D eigenvalue weighted by molar-refractivity contribution is -0.136. The van der Waals surface area contributed by atoms with Crippen LogP contribution in [0.2, 0.25) is 0 Å². The molecule has 0 aliphatic rings. The summed E-state index contributed by atoms with van der Waals surface area (Å²) in [5, 5.41) is 8.71. The number of rotatable bonds is 3. The Morgan fingerprint density at radius 3 is 2.50 bits per heavy atom. The lowest BCUT2D eigenvalue weighted by Gasteiger charge is -2.00. The number of carboxylic acids is 1. The quantitative estimate of drug-likeness (QED) is 0.718. The molecule has 0 radical (unpaired) electrons. The minimum absolute atomic E-state index is 0.205. The summed E-state index contributed by atoms with van der Waals surface area (Å²) in [5.74, 6) is -0.979. The molecule has 5 nitrogen and oxygen atoms in total. The van der Waals surface area contributed by atoms with Crippen LogP contribution in [0, 0.1) is 0 Å². The van der Waals surface area contributed by atoms with E-state index in [4.69, 9.17) is 5.11 Å². The smallest absolute Gasteiger partial charge is 0.323 e. The van der Waals surface area contributed by atoms with Crippen LogP contribution in [0.1, 0.15) is 5.69 Å². The molecule has 3 N–H and O–H groups in total. The molecule has 2 rings (SSSR count). The summed E-state index contributed by atoms with van der Waals surface area (Å²) in [6.07, 6.45) is -0.205. The predicted molar refractivity (Wildman–Crippen MR) is 58.2 cm³/mol. The Morgan fingerprint density at radius 1 is 1.19 bits per heavy atom. The number of hydrogen-bond donors (Lipinski definition) is 3. The number of H-pyrrole nitrogens is 2. The van der Waals surface area contributed by atoms with E-state index < -0.39 is 11.7 Å². The first kappa shape index (κ1) is 10.2. The van der Waals surface area contributed by atoms with Gasteiger partial charge in [-0.25, -0.2) is 4.79 Å². The molecule has 0 aliphatic heterocycles. The molecular weight excluding hydrogens is 208 g/mol. The second-order valence-corrected chi connectivity index (χ2v) is 3.37. The number of benzene rings is 1. The highest BCUT2D eigenvalue weighted by Crippen LogP contribution is 2.18. The van der Waals surface area contributed by atoms with E-state index in [0.717, 1.165) is 5.56 Å². The summed E-state index contributed by atoms with van der Waals surface area (Å²) >= 11 is 0. The number of aromatic amines is 2. The molecule has 1 aromatic heterocycles. The zero-order valence-electron chi connectivity index (χ0n) is 8.36. The van der Waals surface area contributed by atoms with Crippen molar-refractivity contribution in [2.75, 3.05) is 0 Å². The summed E-state index contributed by atoms with van der Waals surface area (Å²) in [7, 11) is 0. The monoisotopic (exact) mass is 218 g/mol. The number of carboxylic acid groups (broad SMARTS) is 1. The Balaban J connectivity index is 2.48. The third-order valence-corrected chi connectivity index (χ3v) is 2.20. The normalized spacial score (nSPS) is 10.2. The molecule has 0 fully saturated rings. The van der Waals surface area contributed by atoms with Crippen LogP contribution in [-0.2, 0) is 11.2 Å². The number of nitrogens with one attached hydrogen (secondary N) is 2. The molecular formula is C11H10N2O3. The fraction of sp³-hybridized carbons (Fsp3) is 0.0909. The molecule has 2 aromatic rings. The number of aromatic nitrogens is 2. The van der Waals surface area contributed by atoms with Gasteiger partial charge in [0.15, 0.2) is 0 Å². The number of carbonyl (C=O) groups is 1. The Morgan fingerprint density at radius 2 is 1.88 bits per heavy atom. The largest absolute Gasteiger partial charge is 0.481 e. The van der Waals surface area contributed by atoms with Crippen LogP contribution in [0.25, 0.3) is 11.3 Å². The van der Waals surface area contributed by atoms with Gasteiger partial charge in [0.25, 0.3) is 0 Å². The SMILES string of the molecule is O=C(O)Cc1[nH]c(=O)[nH]c1-c1ccccc1. The van der Waals surface area contributed by atoms with Crippen LogP contribution in [0.4, 0.5) is 0 Å². The van der Waals surface area contributed by atoms with Gasteiger partial charge in [0.2, 0.25) is 0 Å². The van der Waals surface area contributed by atoms with Gasteiger partial charge in [0.1, 0.15) is 0 Å². The average molecular weight is 218 g/mol. The maximum Gasteiger partial charge on any atom is 0.323 e. The van der Waals surface area contributed by atoms with Crippen molar-refractivity contribution in [2.24, 2.45) is 0 Å². The third kappa shape index (κ3) is 2.03. The maximum atomic E-state index is 11.2. The standard InChI is InChI=1S/C11H10N2O3/c14-9(15)6-8-10(13-11(16)12-8)7-4-2-1-3-5-7/h1-5H,6H2,(H,14,15)(H2,12,13,16). The molecule has 0 spiro atoms. The molecule has 0 bridgehead atoms. The minimum Gasteiger partial charge on any atom is -0.481 e. The highest BCUT2D eigenvalue weighted by molar-refractivity contribution is 5.73. The van der Waals surface area contributed by atoms with Gasteiger partial charge < -0.3 is 15.1 Å². The van der Waals surface area contributed by atoms with Gasteiger partial charge in [-0.2, -0.15) is 0 Å². The van der Waals surface area contributed by atoms with Crippen LogP contribution < -0.4 is 5.69 Å². The van der Waals surface area contributed by atoms with Crippen molar-refractivity contribution in [3.05, 3.63) is 46.5 Å². The molecule has 1 heterocycles. The molecule has 0 amide bonds. The van der Waals surface area contributed by atoms with Crippen LogP contribution in [0.3, 0.4) is 0 Å². The van der Waals surface area contributed by atoms with E-state index in [9.17, 15) is 9.59 Å². The van der Waals surface area contributed by atoms with Crippen molar-refractivity contribution in [3.8, 4) is 11.3 Å². The predicted octanol–water partition coefficient (Wildman–Crippen LogP) is 0.997. The highest BCUT2D eigenvalue weighted by Gasteiger charge is 2.11. The number of hydrogen-bond acceptors (Lipinski definition) is 2. The van der Waals surface area contributed by atoms with Crippen molar-refractivity contribution < 1.29 is 9.90 Å². The Bertz CT molecular complexity index is 554. The molecule has 0 aliphatic carbocycles. The molecule has 16 heavy (non-hydrogen) atoms. The Hall–Kier alpha value is -2.30. The Kier molecular flexibility index (Phi) is 2.59. The molecule has 0 saturated carbocycles. The van der Waals surface area contributed by atoms with Crippen molar-refractivity contribution in [3.63, 3.8) is 0 Å². The lowest BCUT2D eigenvalue weighted by atomic mass is 10.1. The first-order valence-electron chi connectivity index (χ1n) is 4.75. The van der Waals surface area contributed by atoms with Gasteiger partial charge in [-0.1, -0.05) is 30.3 Å².